The first kappa shape index (κ1) is 25.3. The molecule has 1 aliphatic carbocycles. The fraction of sp³-hybridized carbons (Fsp3) is 0.333. The second kappa shape index (κ2) is 10.9. The maximum atomic E-state index is 13.1. The number of nitrogens with one attached hydrogen (secondary N) is 1. The van der Waals surface area contributed by atoms with Crippen molar-refractivity contribution in [3.05, 3.63) is 79.6 Å². The zero-order valence-corrected chi connectivity index (χ0v) is 22.2. The van der Waals surface area contributed by atoms with Crippen molar-refractivity contribution in [3.8, 4) is 11.5 Å². The van der Waals surface area contributed by atoms with Gasteiger partial charge in [-0.1, -0.05) is 17.7 Å². The first-order valence-electron chi connectivity index (χ1n) is 11.5. The molecule has 0 spiro atoms. The smallest absolute Gasteiger partial charge is 0.336 e. The number of carbonyl (C=O) groups excluding carboxylic acids is 2. The van der Waals surface area contributed by atoms with Crippen LogP contribution in [0.3, 0.4) is 0 Å². The molecule has 2 aromatic carbocycles. The fourth-order valence-electron chi connectivity index (χ4n) is 4.63. The molecule has 0 amide bonds. The number of ketones is 1. The second-order valence-electron chi connectivity index (χ2n) is 8.42. The predicted molar refractivity (Wildman–Crippen MR) is 138 cm³/mol. The van der Waals surface area contributed by atoms with Crippen molar-refractivity contribution >= 4 is 39.3 Å². The minimum Gasteiger partial charge on any atom is -0.496 e. The van der Waals surface area contributed by atoms with Crippen molar-refractivity contribution in [1.29, 1.82) is 0 Å². The maximum Gasteiger partial charge on any atom is 0.336 e. The number of benzene rings is 2. The summed E-state index contributed by atoms with van der Waals surface area (Å²) in [7, 11) is 1.60. The van der Waals surface area contributed by atoms with Gasteiger partial charge < -0.3 is 19.5 Å². The number of carbonyl (C=O) groups is 2. The number of hydrogen-bond donors (Lipinski definition) is 1. The standard InChI is InChI=1S/C27H27BrClNO5/c1-4-34-27(32)24-15(2)30-20-6-5-7-21(31)26(20)25(24)16-8-10-22(33-3)17(12-16)14-35-23-11-9-18(29)13-19(23)28/h8-13,25,30H,4-7,14H2,1-3H3/t25-/m1/s1. The number of ether oxygens (including phenoxy) is 3. The molecule has 0 radical (unpaired) electrons. The summed E-state index contributed by atoms with van der Waals surface area (Å²) in [5.74, 6) is 0.391. The Hall–Kier alpha value is -2.77. The summed E-state index contributed by atoms with van der Waals surface area (Å²) >= 11 is 9.52. The molecule has 0 saturated carbocycles. The third-order valence-corrected chi connectivity index (χ3v) is 7.04. The third kappa shape index (κ3) is 5.26. The van der Waals surface area contributed by atoms with Crippen molar-refractivity contribution in [3.63, 3.8) is 0 Å². The third-order valence-electron chi connectivity index (χ3n) is 6.19. The molecule has 6 nitrogen and oxygen atoms in total. The lowest BCUT2D eigenvalue weighted by molar-refractivity contribution is -0.138. The number of dihydropyridines is 1. The van der Waals surface area contributed by atoms with Crippen LogP contribution in [0.4, 0.5) is 0 Å². The van der Waals surface area contributed by atoms with E-state index in [1.54, 1.807) is 32.2 Å². The normalized spacial score (nSPS) is 17.6. The number of allylic oxidation sites excluding steroid dienone is 3. The van der Waals surface area contributed by atoms with E-state index < -0.39 is 11.9 Å². The molecule has 1 atom stereocenters. The molecule has 0 saturated heterocycles. The van der Waals surface area contributed by atoms with Gasteiger partial charge in [0.15, 0.2) is 5.78 Å². The highest BCUT2D eigenvalue weighted by molar-refractivity contribution is 9.10. The highest BCUT2D eigenvalue weighted by Gasteiger charge is 2.39. The summed E-state index contributed by atoms with van der Waals surface area (Å²) in [5.41, 5.74) is 4.29. The molecule has 2 aliphatic rings. The van der Waals surface area contributed by atoms with Crippen LogP contribution in [0.25, 0.3) is 0 Å². The lowest BCUT2D eigenvalue weighted by Gasteiger charge is -2.34. The van der Waals surface area contributed by atoms with Crippen LogP contribution in [0.15, 0.2) is 63.4 Å². The monoisotopic (exact) mass is 559 g/mol. The molecule has 1 N–H and O–H groups in total. The summed E-state index contributed by atoms with van der Waals surface area (Å²) in [6, 6.07) is 11.0. The summed E-state index contributed by atoms with van der Waals surface area (Å²) in [6.07, 6.45) is 2.02. The van der Waals surface area contributed by atoms with Gasteiger partial charge in [-0.2, -0.15) is 0 Å². The quantitative estimate of drug-likeness (QED) is 0.405. The Morgan fingerprint density at radius 1 is 1.17 bits per heavy atom. The molecule has 8 heteroatoms. The number of hydrogen-bond acceptors (Lipinski definition) is 6. The van der Waals surface area contributed by atoms with E-state index in [2.05, 4.69) is 21.2 Å². The first-order chi connectivity index (χ1) is 16.8. The van der Waals surface area contributed by atoms with Gasteiger partial charge >= 0.3 is 5.97 Å². The molecule has 2 aromatic rings. The SMILES string of the molecule is CCOC(=O)C1=C(C)NC2=C(C(=O)CCC2)[C@@H]1c1ccc(OC)c(COc2ccc(Cl)cc2Br)c1. The van der Waals surface area contributed by atoms with E-state index in [0.29, 0.717) is 39.8 Å². The molecule has 35 heavy (non-hydrogen) atoms. The second-order valence-corrected chi connectivity index (χ2v) is 9.71. The van der Waals surface area contributed by atoms with E-state index in [9.17, 15) is 9.59 Å². The lowest BCUT2D eigenvalue weighted by atomic mass is 9.75. The van der Waals surface area contributed by atoms with Crippen LogP contribution in [0.1, 0.15) is 50.2 Å². The average Bonchev–Trinajstić information content (AvgIpc) is 2.82. The Bertz CT molecular complexity index is 1240. The van der Waals surface area contributed by atoms with Gasteiger partial charge in [0.05, 0.1) is 23.8 Å². The van der Waals surface area contributed by atoms with E-state index in [1.807, 2.05) is 25.1 Å². The molecule has 1 heterocycles. The molecule has 0 fully saturated rings. The zero-order valence-electron chi connectivity index (χ0n) is 19.9. The topological polar surface area (TPSA) is 73.9 Å². The summed E-state index contributed by atoms with van der Waals surface area (Å²) in [5, 5.41) is 3.91. The van der Waals surface area contributed by atoms with Gasteiger partial charge in [0.25, 0.3) is 0 Å². The van der Waals surface area contributed by atoms with Gasteiger partial charge in [-0.15, -0.1) is 0 Å². The predicted octanol–water partition coefficient (Wildman–Crippen LogP) is 6.22. The van der Waals surface area contributed by atoms with Gasteiger partial charge in [0, 0.05) is 39.9 Å². The Balaban J connectivity index is 1.76. The van der Waals surface area contributed by atoms with Crippen LogP contribution in [0.2, 0.25) is 5.02 Å². The van der Waals surface area contributed by atoms with E-state index >= 15 is 0 Å². The molecule has 0 aromatic heterocycles. The highest BCUT2D eigenvalue weighted by Crippen LogP contribution is 2.43. The molecular formula is C27H27BrClNO5. The van der Waals surface area contributed by atoms with Crippen molar-refractivity contribution < 1.29 is 23.8 Å². The van der Waals surface area contributed by atoms with Gasteiger partial charge in [-0.3, -0.25) is 4.79 Å². The van der Waals surface area contributed by atoms with Gasteiger partial charge in [0.1, 0.15) is 18.1 Å². The van der Waals surface area contributed by atoms with Crippen LogP contribution in [-0.2, 0) is 20.9 Å². The highest BCUT2D eigenvalue weighted by atomic mass is 79.9. The minimum atomic E-state index is -0.523. The van der Waals surface area contributed by atoms with Gasteiger partial charge in [-0.05, 0) is 78.5 Å². The number of halogens is 2. The Morgan fingerprint density at radius 3 is 2.66 bits per heavy atom. The van der Waals surface area contributed by atoms with Gasteiger partial charge in [-0.25, -0.2) is 4.79 Å². The van der Waals surface area contributed by atoms with Crippen molar-refractivity contribution in [1.82, 2.24) is 5.32 Å². The van der Waals surface area contributed by atoms with Crippen LogP contribution in [0, 0.1) is 0 Å². The Morgan fingerprint density at radius 2 is 1.94 bits per heavy atom. The minimum absolute atomic E-state index is 0.0526. The largest absolute Gasteiger partial charge is 0.496 e. The van der Waals surface area contributed by atoms with E-state index in [4.69, 9.17) is 25.8 Å². The number of esters is 1. The molecule has 0 bridgehead atoms. The van der Waals surface area contributed by atoms with Gasteiger partial charge in [0.2, 0.25) is 0 Å². The van der Waals surface area contributed by atoms with E-state index in [-0.39, 0.29) is 19.0 Å². The van der Waals surface area contributed by atoms with Crippen LogP contribution in [0.5, 0.6) is 11.5 Å². The average molecular weight is 561 g/mol. The van der Waals surface area contributed by atoms with Crippen LogP contribution in [-0.4, -0.2) is 25.5 Å². The summed E-state index contributed by atoms with van der Waals surface area (Å²) in [4.78, 5) is 26.1. The van der Waals surface area contributed by atoms with E-state index in [1.165, 1.54) is 0 Å². The molecule has 4 rings (SSSR count). The number of rotatable bonds is 7. The van der Waals surface area contributed by atoms with Crippen LogP contribution < -0.4 is 14.8 Å². The Kier molecular flexibility index (Phi) is 7.87. The van der Waals surface area contributed by atoms with Crippen molar-refractivity contribution in [2.45, 2.75) is 45.6 Å². The fourth-order valence-corrected chi connectivity index (χ4v) is 5.43. The van der Waals surface area contributed by atoms with Crippen LogP contribution >= 0.6 is 27.5 Å². The van der Waals surface area contributed by atoms with Crippen molar-refractivity contribution in [2.24, 2.45) is 0 Å². The summed E-state index contributed by atoms with van der Waals surface area (Å²) in [6.45, 7) is 4.10. The van der Waals surface area contributed by atoms with E-state index in [0.717, 1.165) is 34.1 Å². The molecule has 1 aliphatic heterocycles. The molecule has 0 unspecified atom stereocenters. The number of Topliss-reactive ketones (excluding diaryl/α,β-unsaturated/α-hetero) is 1. The van der Waals surface area contributed by atoms with Crippen molar-refractivity contribution in [2.75, 3.05) is 13.7 Å². The lowest BCUT2D eigenvalue weighted by Crippen LogP contribution is -2.34. The molecule has 184 valence electrons. The zero-order chi connectivity index (χ0) is 25.1. The first-order valence-corrected chi connectivity index (χ1v) is 12.7. The Labute approximate surface area is 218 Å². The summed E-state index contributed by atoms with van der Waals surface area (Å²) < 4.78 is 17.7. The molecular weight excluding hydrogens is 534 g/mol. The maximum absolute atomic E-state index is 13.1. The number of methoxy groups -OCH3 is 1.